The molecular weight excluding hydrogens is 412 g/mol. The van der Waals surface area contributed by atoms with Crippen LogP contribution in [0.15, 0.2) is 72.8 Å². The molecule has 170 valence electrons. The largest absolute Gasteiger partial charge is 0.463 e. The number of hydrogen-bond donors (Lipinski definition) is 1. The molecule has 0 bridgehead atoms. The summed E-state index contributed by atoms with van der Waals surface area (Å²) in [5.74, 6) is -0.546. The van der Waals surface area contributed by atoms with Crippen molar-refractivity contribution in [3.05, 3.63) is 83.9 Å². The highest BCUT2D eigenvalue weighted by atomic mass is 16.6. The van der Waals surface area contributed by atoms with Crippen molar-refractivity contribution in [3.63, 3.8) is 0 Å². The normalized spacial score (nSPS) is 11.4. The fraction of sp³-hybridized carbons (Fsp3) is 0.292. The van der Waals surface area contributed by atoms with Gasteiger partial charge in [-0.25, -0.2) is 24.8 Å². The number of carbonyl (C=O) groups excluding carboxylic acids is 3. The van der Waals surface area contributed by atoms with Gasteiger partial charge >= 0.3 is 18.2 Å². The predicted molar refractivity (Wildman–Crippen MR) is 118 cm³/mol. The zero-order valence-corrected chi connectivity index (χ0v) is 18.2. The van der Waals surface area contributed by atoms with Crippen LogP contribution in [0, 0.1) is 0 Å². The van der Waals surface area contributed by atoms with Crippen molar-refractivity contribution in [2.75, 3.05) is 6.61 Å². The van der Waals surface area contributed by atoms with E-state index >= 15 is 0 Å². The molecule has 32 heavy (non-hydrogen) atoms. The molecule has 2 rings (SSSR count). The van der Waals surface area contributed by atoms with Crippen LogP contribution in [0.25, 0.3) is 0 Å². The van der Waals surface area contributed by atoms with Crippen LogP contribution in [0.2, 0.25) is 0 Å². The van der Waals surface area contributed by atoms with Crippen LogP contribution >= 0.6 is 0 Å². The smallest absolute Gasteiger partial charge is 0.429 e. The third-order valence-corrected chi connectivity index (χ3v) is 4.32. The average Bonchev–Trinajstić information content (AvgIpc) is 2.82. The van der Waals surface area contributed by atoms with Crippen molar-refractivity contribution in [1.29, 1.82) is 0 Å². The zero-order chi connectivity index (χ0) is 23.2. The maximum absolute atomic E-state index is 12.8. The number of nitrogens with zero attached hydrogens (tertiary/aromatic N) is 1. The fourth-order valence-electron chi connectivity index (χ4n) is 2.69. The van der Waals surface area contributed by atoms with Crippen molar-refractivity contribution in [1.82, 2.24) is 10.4 Å². The van der Waals surface area contributed by atoms with Gasteiger partial charge in [0, 0.05) is 6.08 Å². The molecule has 2 amide bonds. The lowest BCUT2D eigenvalue weighted by Crippen LogP contribution is -2.51. The van der Waals surface area contributed by atoms with Gasteiger partial charge in [-0.05, 0) is 24.5 Å². The van der Waals surface area contributed by atoms with Gasteiger partial charge in [-0.1, -0.05) is 73.7 Å². The molecule has 1 atom stereocenters. The van der Waals surface area contributed by atoms with Crippen molar-refractivity contribution in [2.45, 2.75) is 39.5 Å². The molecule has 0 saturated heterocycles. The van der Waals surface area contributed by atoms with E-state index in [4.69, 9.17) is 14.2 Å². The molecule has 1 unspecified atom stereocenters. The summed E-state index contributed by atoms with van der Waals surface area (Å²) in [6, 6.07) is 17.6. The molecule has 0 radical (unpaired) electrons. The SMILES string of the molecule is CCOC(=O)/C=C/C(CC)N(NC(=O)OCc1ccccc1)C(=O)OCc1ccccc1. The Hall–Kier alpha value is -3.81. The summed E-state index contributed by atoms with van der Waals surface area (Å²) >= 11 is 0. The van der Waals surface area contributed by atoms with Crippen LogP contribution in [0.5, 0.6) is 0 Å². The molecule has 0 aliphatic carbocycles. The molecule has 0 heterocycles. The van der Waals surface area contributed by atoms with Gasteiger partial charge in [-0.3, -0.25) is 0 Å². The first kappa shape index (κ1) is 24.5. The van der Waals surface area contributed by atoms with Gasteiger partial charge in [-0.15, -0.1) is 0 Å². The molecule has 8 nitrogen and oxygen atoms in total. The third-order valence-electron chi connectivity index (χ3n) is 4.32. The van der Waals surface area contributed by atoms with E-state index in [1.807, 2.05) is 60.7 Å². The average molecular weight is 440 g/mol. The summed E-state index contributed by atoms with van der Waals surface area (Å²) in [5.41, 5.74) is 4.02. The first-order valence-corrected chi connectivity index (χ1v) is 10.4. The molecule has 0 aliphatic heterocycles. The Balaban J connectivity index is 2.07. The van der Waals surface area contributed by atoms with Crippen molar-refractivity contribution < 1.29 is 28.6 Å². The lowest BCUT2D eigenvalue weighted by atomic mass is 10.2. The van der Waals surface area contributed by atoms with E-state index in [0.717, 1.165) is 16.1 Å². The van der Waals surface area contributed by atoms with Gasteiger partial charge in [0.25, 0.3) is 0 Å². The van der Waals surface area contributed by atoms with E-state index in [0.29, 0.717) is 6.42 Å². The van der Waals surface area contributed by atoms with E-state index in [2.05, 4.69) is 5.43 Å². The van der Waals surface area contributed by atoms with Gasteiger partial charge in [-0.2, -0.15) is 0 Å². The van der Waals surface area contributed by atoms with E-state index < -0.39 is 24.2 Å². The Morgan fingerprint density at radius 3 is 1.97 bits per heavy atom. The number of carbonyl (C=O) groups is 3. The molecular formula is C24H28N2O6. The fourth-order valence-corrected chi connectivity index (χ4v) is 2.69. The first-order chi connectivity index (χ1) is 15.5. The molecule has 0 spiro atoms. The second-order valence-corrected chi connectivity index (χ2v) is 6.67. The van der Waals surface area contributed by atoms with E-state index in [-0.39, 0.29) is 19.8 Å². The van der Waals surface area contributed by atoms with Crippen LogP contribution in [-0.4, -0.2) is 35.8 Å². The Labute approximate surface area is 187 Å². The maximum atomic E-state index is 12.8. The molecule has 2 aromatic rings. The molecule has 0 aromatic heterocycles. The number of hydrogen-bond acceptors (Lipinski definition) is 6. The highest BCUT2D eigenvalue weighted by molar-refractivity contribution is 5.82. The van der Waals surface area contributed by atoms with E-state index in [1.54, 1.807) is 13.8 Å². The van der Waals surface area contributed by atoms with E-state index in [1.165, 1.54) is 12.2 Å². The summed E-state index contributed by atoms with van der Waals surface area (Å²) in [6.07, 6.45) is 1.47. The van der Waals surface area contributed by atoms with Crippen molar-refractivity contribution in [2.24, 2.45) is 0 Å². The summed E-state index contributed by atoms with van der Waals surface area (Å²) in [5, 5.41) is 1.01. The minimum Gasteiger partial charge on any atom is -0.463 e. The number of rotatable bonds is 9. The Bertz CT molecular complexity index is 886. The second-order valence-electron chi connectivity index (χ2n) is 6.67. The van der Waals surface area contributed by atoms with Gasteiger partial charge in [0.2, 0.25) is 0 Å². The molecule has 8 heteroatoms. The summed E-state index contributed by atoms with van der Waals surface area (Å²) in [7, 11) is 0. The quantitative estimate of drug-likeness (QED) is 0.269. The summed E-state index contributed by atoms with van der Waals surface area (Å²) in [4.78, 5) is 36.8. The molecule has 0 fully saturated rings. The predicted octanol–water partition coefficient (Wildman–Crippen LogP) is 4.36. The molecule has 0 saturated carbocycles. The van der Waals surface area contributed by atoms with Crippen molar-refractivity contribution in [3.8, 4) is 0 Å². The first-order valence-electron chi connectivity index (χ1n) is 10.4. The molecule has 1 N–H and O–H groups in total. The lowest BCUT2D eigenvalue weighted by Gasteiger charge is -2.28. The van der Waals surface area contributed by atoms with Gasteiger partial charge in [0.05, 0.1) is 12.6 Å². The number of hydrazine groups is 1. The number of amides is 2. The van der Waals surface area contributed by atoms with Crippen LogP contribution < -0.4 is 5.43 Å². The zero-order valence-electron chi connectivity index (χ0n) is 18.2. The van der Waals surface area contributed by atoms with Crippen LogP contribution in [0.3, 0.4) is 0 Å². The summed E-state index contributed by atoms with van der Waals surface area (Å²) < 4.78 is 15.5. The minimum absolute atomic E-state index is 0.0228. The number of esters is 1. The lowest BCUT2D eigenvalue weighted by molar-refractivity contribution is -0.137. The standard InChI is InChI=1S/C24H28N2O6/c1-3-21(15-16-22(27)30-4-2)26(24(29)32-18-20-13-9-6-10-14-20)25-23(28)31-17-19-11-7-5-8-12-19/h5-16,21H,3-4,17-18H2,1-2H3,(H,25,28)/b16-15+. The molecule has 2 aromatic carbocycles. The van der Waals surface area contributed by atoms with Gasteiger partial charge in [0.1, 0.15) is 13.2 Å². The van der Waals surface area contributed by atoms with E-state index in [9.17, 15) is 14.4 Å². The number of nitrogens with one attached hydrogen (secondary N) is 1. The monoisotopic (exact) mass is 440 g/mol. The van der Waals surface area contributed by atoms with Gasteiger partial charge in [0.15, 0.2) is 0 Å². The third kappa shape index (κ3) is 8.51. The van der Waals surface area contributed by atoms with Crippen LogP contribution in [0.1, 0.15) is 31.4 Å². The van der Waals surface area contributed by atoms with Crippen LogP contribution in [0.4, 0.5) is 9.59 Å². The molecule has 0 aliphatic rings. The van der Waals surface area contributed by atoms with Gasteiger partial charge < -0.3 is 14.2 Å². The minimum atomic E-state index is -0.825. The topological polar surface area (TPSA) is 94.2 Å². The maximum Gasteiger partial charge on any atom is 0.429 e. The number of ether oxygens (including phenoxy) is 3. The van der Waals surface area contributed by atoms with Crippen molar-refractivity contribution >= 4 is 18.2 Å². The Kier molecular flexibility index (Phi) is 10.3. The summed E-state index contributed by atoms with van der Waals surface area (Å²) in [6.45, 7) is 3.78. The highest BCUT2D eigenvalue weighted by Gasteiger charge is 2.25. The Morgan fingerprint density at radius 2 is 1.44 bits per heavy atom. The second kappa shape index (κ2) is 13.5. The van der Waals surface area contributed by atoms with Crippen LogP contribution in [-0.2, 0) is 32.2 Å². The highest BCUT2D eigenvalue weighted by Crippen LogP contribution is 2.10. The number of benzene rings is 2. The Morgan fingerprint density at radius 1 is 0.875 bits per heavy atom.